The van der Waals surface area contributed by atoms with E-state index in [1.165, 1.54) is 5.56 Å². The first kappa shape index (κ1) is 22.5. The molecule has 160 valence electrons. The first-order valence-electron chi connectivity index (χ1n) is 10.6. The zero-order valence-electron chi connectivity index (χ0n) is 17.7. The van der Waals surface area contributed by atoms with Crippen molar-refractivity contribution in [2.45, 2.75) is 45.7 Å². The van der Waals surface area contributed by atoms with Gasteiger partial charge in [-0.15, -0.1) is 0 Å². The predicted molar refractivity (Wildman–Crippen MR) is 124 cm³/mol. The summed E-state index contributed by atoms with van der Waals surface area (Å²) >= 11 is 3.62. The van der Waals surface area contributed by atoms with Crippen molar-refractivity contribution >= 4 is 33.4 Å². The second-order valence-electron chi connectivity index (χ2n) is 7.91. The maximum atomic E-state index is 12.6. The van der Waals surface area contributed by atoms with Crippen LogP contribution in [0.1, 0.15) is 50.3 Å². The fraction of sp³-hybridized carbons (Fsp3) is 0.417. The molecule has 6 heteroatoms. The SMILES string of the molecule is CCCN(CC(=O)NCc1cccc(NC(=O)C2CC2)c1)C(C)c1ccccc1Br. The third kappa shape index (κ3) is 6.41. The van der Waals surface area contributed by atoms with Gasteiger partial charge in [0.15, 0.2) is 0 Å². The third-order valence-corrected chi connectivity index (χ3v) is 6.12. The number of nitrogens with zero attached hydrogens (tertiary/aromatic N) is 1. The average Bonchev–Trinajstić information content (AvgIpc) is 3.58. The molecule has 30 heavy (non-hydrogen) atoms. The number of carbonyl (C=O) groups excluding carboxylic acids is 2. The summed E-state index contributed by atoms with van der Waals surface area (Å²) in [7, 11) is 0. The van der Waals surface area contributed by atoms with Gasteiger partial charge in [-0.3, -0.25) is 14.5 Å². The molecule has 0 radical (unpaired) electrons. The summed E-state index contributed by atoms with van der Waals surface area (Å²) in [4.78, 5) is 26.8. The highest BCUT2D eigenvalue weighted by atomic mass is 79.9. The molecule has 3 rings (SSSR count). The van der Waals surface area contributed by atoms with Gasteiger partial charge in [0.2, 0.25) is 11.8 Å². The minimum atomic E-state index is -0.00484. The average molecular weight is 472 g/mol. The van der Waals surface area contributed by atoms with Crippen molar-refractivity contribution in [3.8, 4) is 0 Å². The summed E-state index contributed by atoms with van der Waals surface area (Å²) in [6, 6.07) is 16.0. The lowest BCUT2D eigenvalue weighted by Crippen LogP contribution is -2.38. The Balaban J connectivity index is 1.55. The molecule has 1 aliphatic carbocycles. The first-order chi connectivity index (χ1) is 14.5. The Hall–Kier alpha value is -2.18. The summed E-state index contributed by atoms with van der Waals surface area (Å²) in [6.45, 7) is 5.89. The van der Waals surface area contributed by atoms with Crippen LogP contribution in [0.4, 0.5) is 5.69 Å². The Kier molecular flexibility index (Phi) is 8.05. The van der Waals surface area contributed by atoms with Gasteiger partial charge in [0, 0.05) is 28.7 Å². The van der Waals surface area contributed by atoms with Gasteiger partial charge < -0.3 is 10.6 Å². The molecule has 2 aromatic carbocycles. The molecule has 0 aliphatic heterocycles. The van der Waals surface area contributed by atoms with Gasteiger partial charge in [0.25, 0.3) is 0 Å². The molecular formula is C24H30BrN3O2. The van der Waals surface area contributed by atoms with Gasteiger partial charge in [-0.05, 0) is 62.1 Å². The highest BCUT2D eigenvalue weighted by Crippen LogP contribution is 2.30. The molecule has 0 aromatic heterocycles. The fourth-order valence-electron chi connectivity index (χ4n) is 3.50. The van der Waals surface area contributed by atoms with E-state index in [0.29, 0.717) is 13.1 Å². The van der Waals surface area contributed by atoms with Gasteiger partial charge >= 0.3 is 0 Å². The number of rotatable bonds is 10. The quantitative estimate of drug-likeness (QED) is 0.518. The van der Waals surface area contributed by atoms with E-state index in [1.54, 1.807) is 0 Å². The lowest BCUT2D eigenvalue weighted by molar-refractivity contribution is -0.123. The van der Waals surface area contributed by atoms with Crippen molar-refractivity contribution in [3.63, 3.8) is 0 Å². The van der Waals surface area contributed by atoms with E-state index < -0.39 is 0 Å². The smallest absolute Gasteiger partial charge is 0.234 e. The van der Waals surface area contributed by atoms with Gasteiger partial charge in [0.05, 0.1) is 6.54 Å². The fourth-order valence-corrected chi connectivity index (χ4v) is 4.11. The van der Waals surface area contributed by atoms with Gasteiger partial charge in [-0.2, -0.15) is 0 Å². The second-order valence-corrected chi connectivity index (χ2v) is 8.76. The Morgan fingerprint density at radius 1 is 1.17 bits per heavy atom. The van der Waals surface area contributed by atoms with Crippen LogP contribution in [-0.4, -0.2) is 29.8 Å². The number of amides is 2. The minimum absolute atomic E-state index is 0.00484. The second kappa shape index (κ2) is 10.7. The summed E-state index contributed by atoms with van der Waals surface area (Å²) < 4.78 is 1.06. The largest absolute Gasteiger partial charge is 0.351 e. The summed E-state index contributed by atoms with van der Waals surface area (Å²) in [5.41, 5.74) is 2.93. The maximum Gasteiger partial charge on any atom is 0.234 e. The van der Waals surface area contributed by atoms with Crippen molar-refractivity contribution in [2.24, 2.45) is 5.92 Å². The standard InChI is InChI=1S/C24H30BrN3O2/c1-3-13-28(17(2)21-9-4-5-10-22(21)25)16-23(29)26-15-18-7-6-8-20(14-18)27-24(30)19-11-12-19/h4-10,14,17,19H,3,11-13,15-16H2,1-2H3,(H,26,29)(H,27,30). The van der Waals surface area contributed by atoms with Crippen LogP contribution in [0.3, 0.4) is 0 Å². The first-order valence-corrected chi connectivity index (χ1v) is 11.4. The molecule has 0 bridgehead atoms. The van der Waals surface area contributed by atoms with E-state index in [4.69, 9.17) is 0 Å². The monoisotopic (exact) mass is 471 g/mol. The van der Waals surface area contributed by atoms with E-state index in [9.17, 15) is 9.59 Å². The van der Waals surface area contributed by atoms with Crippen LogP contribution < -0.4 is 10.6 Å². The molecule has 1 fully saturated rings. The normalized spacial score (nSPS) is 14.4. The van der Waals surface area contributed by atoms with E-state index in [2.05, 4.69) is 51.4 Å². The van der Waals surface area contributed by atoms with E-state index in [1.807, 2.05) is 42.5 Å². The Morgan fingerprint density at radius 3 is 2.63 bits per heavy atom. The van der Waals surface area contributed by atoms with E-state index in [-0.39, 0.29) is 23.8 Å². The topological polar surface area (TPSA) is 61.4 Å². The maximum absolute atomic E-state index is 12.6. The van der Waals surface area contributed by atoms with E-state index >= 15 is 0 Å². The number of hydrogen-bond acceptors (Lipinski definition) is 3. The summed E-state index contributed by atoms with van der Waals surface area (Å²) in [6.07, 6.45) is 2.94. The number of benzene rings is 2. The van der Waals surface area contributed by atoms with Crippen molar-refractivity contribution in [1.29, 1.82) is 0 Å². The lowest BCUT2D eigenvalue weighted by atomic mass is 10.1. The van der Waals surface area contributed by atoms with Crippen molar-refractivity contribution in [1.82, 2.24) is 10.2 Å². The van der Waals surface area contributed by atoms with Crippen LogP contribution in [0.15, 0.2) is 53.0 Å². The molecule has 0 heterocycles. The van der Waals surface area contributed by atoms with Crippen LogP contribution in [0.25, 0.3) is 0 Å². The zero-order chi connectivity index (χ0) is 21.5. The molecule has 5 nitrogen and oxygen atoms in total. The molecular weight excluding hydrogens is 442 g/mol. The van der Waals surface area contributed by atoms with Gasteiger partial charge in [0.1, 0.15) is 0 Å². The van der Waals surface area contributed by atoms with Gasteiger partial charge in [-0.1, -0.05) is 53.2 Å². The molecule has 2 amide bonds. The van der Waals surface area contributed by atoms with Crippen molar-refractivity contribution < 1.29 is 9.59 Å². The number of anilines is 1. The van der Waals surface area contributed by atoms with Crippen LogP contribution in [-0.2, 0) is 16.1 Å². The molecule has 0 saturated heterocycles. The number of hydrogen-bond donors (Lipinski definition) is 2. The molecule has 1 saturated carbocycles. The van der Waals surface area contributed by atoms with Crippen LogP contribution in [0.5, 0.6) is 0 Å². The number of carbonyl (C=O) groups is 2. The number of nitrogens with one attached hydrogen (secondary N) is 2. The molecule has 2 N–H and O–H groups in total. The Bertz CT molecular complexity index is 882. The minimum Gasteiger partial charge on any atom is -0.351 e. The van der Waals surface area contributed by atoms with Gasteiger partial charge in [-0.25, -0.2) is 0 Å². The van der Waals surface area contributed by atoms with Crippen LogP contribution in [0, 0.1) is 5.92 Å². The third-order valence-electron chi connectivity index (χ3n) is 5.39. The van der Waals surface area contributed by atoms with Crippen LogP contribution >= 0.6 is 15.9 Å². The molecule has 0 spiro atoms. The van der Waals surface area contributed by atoms with Crippen LogP contribution in [0.2, 0.25) is 0 Å². The van der Waals surface area contributed by atoms with Crippen molar-refractivity contribution in [3.05, 3.63) is 64.1 Å². The summed E-state index contributed by atoms with van der Waals surface area (Å²) in [5, 5.41) is 5.97. The molecule has 1 unspecified atom stereocenters. The lowest BCUT2D eigenvalue weighted by Gasteiger charge is -2.29. The van der Waals surface area contributed by atoms with E-state index in [0.717, 1.165) is 41.5 Å². The Morgan fingerprint density at radius 2 is 1.93 bits per heavy atom. The summed E-state index contributed by atoms with van der Waals surface area (Å²) in [5.74, 6) is 0.256. The van der Waals surface area contributed by atoms with Crippen molar-refractivity contribution in [2.75, 3.05) is 18.4 Å². The highest BCUT2D eigenvalue weighted by Gasteiger charge is 2.29. The number of halogens is 1. The molecule has 1 aliphatic rings. The molecule has 2 aromatic rings. The molecule has 1 atom stereocenters. The highest BCUT2D eigenvalue weighted by molar-refractivity contribution is 9.10. The zero-order valence-corrected chi connectivity index (χ0v) is 19.2. The predicted octanol–water partition coefficient (Wildman–Crippen LogP) is 4.89. The Labute approximate surface area is 187 Å².